The third-order valence-electron chi connectivity index (χ3n) is 2.10. The van der Waals surface area contributed by atoms with Crippen LogP contribution in [-0.4, -0.2) is 35.2 Å². The molecule has 0 aliphatic carbocycles. The van der Waals surface area contributed by atoms with Crippen molar-refractivity contribution in [1.29, 1.82) is 0 Å². The van der Waals surface area contributed by atoms with Gasteiger partial charge in [-0.15, -0.1) is 5.10 Å². The third kappa shape index (κ3) is 4.54. The minimum Gasteiger partial charge on any atom is -0.390 e. The van der Waals surface area contributed by atoms with Crippen LogP contribution in [0.15, 0.2) is 0 Å². The number of aromatic nitrogens is 3. The number of aromatic amines is 1. The SMILES string of the molecule is C[Si](C)(C)CCOCc1nn[nH]c1CO. The van der Waals surface area contributed by atoms with Gasteiger partial charge in [0.15, 0.2) is 0 Å². The molecule has 0 saturated heterocycles. The van der Waals surface area contributed by atoms with Crippen molar-refractivity contribution in [3.05, 3.63) is 11.4 Å². The Kier molecular flexibility index (Phi) is 4.43. The fourth-order valence-corrected chi connectivity index (χ4v) is 1.82. The van der Waals surface area contributed by atoms with Crippen LogP contribution in [0.2, 0.25) is 25.7 Å². The van der Waals surface area contributed by atoms with Crippen molar-refractivity contribution in [2.75, 3.05) is 6.61 Å². The normalized spacial score (nSPS) is 12.0. The number of nitrogens with one attached hydrogen (secondary N) is 1. The maximum atomic E-state index is 8.93. The summed E-state index contributed by atoms with van der Waals surface area (Å²) in [4.78, 5) is 0. The molecule has 2 N–H and O–H groups in total. The number of aliphatic hydroxyl groups excluding tert-OH is 1. The summed E-state index contributed by atoms with van der Waals surface area (Å²) >= 11 is 0. The number of hydrogen-bond donors (Lipinski definition) is 2. The smallest absolute Gasteiger partial charge is 0.114 e. The summed E-state index contributed by atoms with van der Waals surface area (Å²) < 4.78 is 5.50. The highest BCUT2D eigenvalue weighted by Gasteiger charge is 2.12. The highest BCUT2D eigenvalue weighted by Crippen LogP contribution is 2.09. The van der Waals surface area contributed by atoms with Crippen molar-refractivity contribution in [1.82, 2.24) is 15.4 Å². The van der Waals surface area contributed by atoms with E-state index in [0.717, 1.165) is 12.7 Å². The van der Waals surface area contributed by atoms with E-state index >= 15 is 0 Å². The van der Waals surface area contributed by atoms with Gasteiger partial charge in [0.1, 0.15) is 5.69 Å². The second kappa shape index (κ2) is 5.39. The molecule has 0 fully saturated rings. The van der Waals surface area contributed by atoms with Crippen molar-refractivity contribution >= 4 is 8.07 Å². The molecule has 1 aromatic heterocycles. The van der Waals surface area contributed by atoms with Crippen LogP contribution in [0.25, 0.3) is 0 Å². The largest absolute Gasteiger partial charge is 0.390 e. The first kappa shape index (κ1) is 12.3. The van der Waals surface area contributed by atoms with Gasteiger partial charge in [-0.25, -0.2) is 0 Å². The molecular formula is C9H19N3O2Si. The van der Waals surface area contributed by atoms with Crippen LogP contribution in [0.4, 0.5) is 0 Å². The molecule has 0 atom stereocenters. The van der Waals surface area contributed by atoms with Gasteiger partial charge in [0, 0.05) is 14.7 Å². The molecule has 1 rings (SSSR count). The fourth-order valence-electron chi connectivity index (χ4n) is 1.06. The minimum atomic E-state index is -1.02. The van der Waals surface area contributed by atoms with Crippen molar-refractivity contribution in [2.45, 2.75) is 38.9 Å². The Bertz CT molecular complexity index is 296. The molecule has 0 radical (unpaired) electrons. The Hall–Kier alpha value is -0.723. The number of rotatable bonds is 6. The average molecular weight is 229 g/mol. The van der Waals surface area contributed by atoms with Gasteiger partial charge in [0.05, 0.1) is 18.9 Å². The molecule has 0 saturated carbocycles. The monoisotopic (exact) mass is 229 g/mol. The summed E-state index contributed by atoms with van der Waals surface area (Å²) in [6, 6.07) is 1.14. The van der Waals surface area contributed by atoms with E-state index in [2.05, 4.69) is 35.1 Å². The molecule has 0 aliphatic heterocycles. The zero-order chi connectivity index (χ0) is 11.3. The van der Waals surface area contributed by atoms with Crippen LogP contribution in [0.1, 0.15) is 11.4 Å². The van der Waals surface area contributed by atoms with E-state index in [1.807, 2.05) is 0 Å². The molecular weight excluding hydrogens is 210 g/mol. The van der Waals surface area contributed by atoms with Gasteiger partial charge in [-0.2, -0.15) is 0 Å². The van der Waals surface area contributed by atoms with E-state index in [1.54, 1.807) is 0 Å². The first-order chi connectivity index (χ1) is 7.03. The Morgan fingerprint density at radius 3 is 2.73 bits per heavy atom. The van der Waals surface area contributed by atoms with Crippen LogP contribution in [0, 0.1) is 0 Å². The van der Waals surface area contributed by atoms with E-state index in [1.165, 1.54) is 0 Å². The van der Waals surface area contributed by atoms with Crippen molar-refractivity contribution in [2.24, 2.45) is 0 Å². The molecule has 0 aliphatic rings. The van der Waals surface area contributed by atoms with E-state index in [0.29, 0.717) is 18.0 Å². The highest BCUT2D eigenvalue weighted by atomic mass is 28.3. The second-order valence-electron chi connectivity index (χ2n) is 4.76. The van der Waals surface area contributed by atoms with Gasteiger partial charge >= 0.3 is 0 Å². The topological polar surface area (TPSA) is 71.0 Å². The molecule has 0 amide bonds. The van der Waals surface area contributed by atoms with E-state index in [4.69, 9.17) is 9.84 Å². The Labute approximate surface area is 90.9 Å². The average Bonchev–Trinajstić information content (AvgIpc) is 2.58. The molecule has 86 valence electrons. The molecule has 6 heteroatoms. The van der Waals surface area contributed by atoms with E-state index in [9.17, 15) is 0 Å². The summed E-state index contributed by atoms with van der Waals surface area (Å²) in [5.41, 5.74) is 1.34. The molecule has 0 unspecified atom stereocenters. The van der Waals surface area contributed by atoms with Crippen molar-refractivity contribution in [3.63, 3.8) is 0 Å². The molecule has 5 nitrogen and oxygen atoms in total. The summed E-state index contributed by atoms with van der Waals surface area (Å²) in [5.74, 6) is 0. The van der Waals surface area contributed by atoms with Gasteiger partial charge < -0.3 is 9.84 Å². The molecule has 0 aromatic carbocycles. The number of nitrogens with zero attached hydrogens (tertiary/aromatic N) is 2. The van der Waals surface area contributed by atoms with E-state index < -0.39 is 8.07 Å². The van der Waals surface area contributed by atoms with Crippen LogP contribution in [0.3, 0.4) is 0 Å². The molecule has 1 aromatic rings. The second-order valence-corrected chi connectivity index (χ2v) is 10.4. The standard InChI is InChI=1S/C9H19N3O2Si/c1-15(2,3)5-4-14-7-9-8(6-13)10-12-11-9/h13H,4-7H2,1-3H3,(H,10,11,12). The summed E-state index contributed by atoms with van der Waals surface area (Å²) in [6.45, 7) is 8.05. The number of H-pyrrole nitrogens is 1. The predicted octanol–water partition coefficient (Wildman–Crippen LogP) is 1.15. The Morgan fingerprint density at radius 1 is 1.40 bits per heavy atom. The van der Waals surface area contributed by atoms with Gasteiger partial charge in [-0.3, -0.25) is 5.10 Å². The maximum Gasteiger partial charge on any atom is 0.114 e. The lowest BCUT2D eigenvalue weighted by Crippen LogP contribution is -2.21. The number of ether oxygens (including phenoxy) is 1. The number of aliphatic hydroxyl groups is 1. The lowest BCUT2D eigenvalue weighted by molar-refractivity contribution is 0.128. The lowest BCUT2D eigenvalue weighted by atomic mass is 10.3. The zero-order valence-corrected chi connectivity index (χ0v) is 10.6. The molecule has 15 heavy (non-hydrogen) atoms. The van der Waals surface area contributed by atoms with Crippen LogP contribution in [-0.2, 0) is 18.0 Å². The van der Waals surface area contributed by atoms with Crippen LogP contribution < -0.4 is 0 Å². The van der Waals surface area contributed by atoms with Gasteiger partial charge in [-0.1, -0.05) is 24.9 Å². The lowest BCUT2D eigenvalue weighted by Gasteiger charge is -2.14. The van der Waals surface area contributed by atoms with Gasteiger partial charge in [0.2, 0.25) is 0 Å². The first-order valence-electron chi connectivity index (χ1n) is 5.10. The predicted molar refractivity (Wildman–Crippen MR) is 60.1 cm³/mol. The quantitative estimate of drug-likeness (QED) is 0.567. The summed E-state index contributed by atoms with van der Waals surface area (Å²) in [5, 5.41) is 19.0. The minimum absolute atomic E-state index is 0.0697. The van der Waals surface area contributed by atoms with Gasteiger partial charge in [-0.05, 0) is 6.04 Å². The van der Waals surface area contributed by atoms with Crippen molar-refractivity contribution < 1.29 is 9.84 Å². The van der Waals surface area contributed by atoms with Crippen LogP contribution >= 0.6 is 0 Å². The van der Waals surface area contributed by atoms with E-state index in [-0.39, 0.29) is 6.61 Å². The van der Waals surface area contributed by atoms with Crippen molar-refractivity contribution in [3.8, 4) is 0 Å². The number of hydrogen-bond acceptors (Lipinski definition) is 4. The first-order valence-corrected chi connectivity index (χ1v) is 8.81. The highest BCUT2D eigenvalue weighted by molar-refractivity contribution is 6.76. The molecule has 0 bridgehead atoms. The van der Waals surface area contributed by atoms with Crippen LogP contribution in [0.5, 0.6) is 0 Å². The molecule has 1 heterocycles. The zero-order valence-electron chi connectivity index (χ0n) is 9.58. The fraction of sp³-hybridized carbons (Fsp3) is 0.778. The third-order valence-corrected chi connectivity index (χ3v) is 3.80. The summed E-state index contributed by atoms with van der Waals surface area (Å²) in [6.07, 6.45) is 0. The molecule has 0 spiro atoms. The van der Waals surface area contributed by atoms with Gasteiger partial charge in [0.25, 0.3) is 0 Å². The maximum absolute atomic E-state index is 8.93. The Morgan fingerprint density at radius 2 is 2.13 bits per heavy atom. The summed E-state index contributed by atoms with van der Waals surface area (Å²) in [7, 11) is -1.02. The Balaban J connectivity index is 2.26.